The van der Waals surface area contributed by atoms with E-state index in [2.05, 4.69) is 35.9 Å². The molecule has 0 aliphatic carbocycles. The molecule has 1 aromatic heterocycles. The van der Waals surface area contributed by atoms with E-state index in [1.54, 1.807) is 30.5 Å². The van der Waals surface area contributed by atoms with Gasteiger partial charge in [0, 0.05) is 22.2 Å². The highest BCUT2D eigenvalue weighted by molar-refractivity contribution is 5.84. The van der Waals surface area contributed by atoms with E-state index in [4.69, 9.17) is 4.74 Å². The van der Waals surface area contributed by atoms with Crippen LogP contribution in [0.15, 0.2) is 72.9 Å². The molecule has 172 valence electrons. The van der Waals surface area contributed by atoms with Crippen LogP contribution in [-0.2, 0) is 12.8 Å². The highest BCUT2D eigenvalue weighted by atomic mass is 19.2. The van der Waals surface area contributed by atoms with Gasteiger partial charge in [-0.25, -0.2) is 8.78 Å². The Kier molecular flexibility index (Phi) is 7.88. The van der Waals surface area contributed by atoms with Gasteiger partial charge in [-0.2, -0.15) is 0 Å². The van der Waals surface area contributed by atoms with Gasteiger partial charge in [-0.1, -0.05) is 55.9 Å². The number of fused-ring (bicyclic) bond motifs is 1. The number of rotatable bonds is 8. The van der Waals surface area contributed by atoms with E-state index in [-0.39, 0.29) is 5.39 Å². The van der Waals surface area contributed by atoms with Gasteiger partial charge in [0.2, 0.25) is 0 Å². The fraction of sp³-hybridized carbons (Fsp3) is 0.233. The molecule has 0 aliphatic rings. The molecule has 1 heterocycles. The maximum Gasteiger partial charge on any atom is 0.166 e. The summed E-state index contributed by atoms with van der Waals surface area (Å²) in [4.78, 5) is 4.51. The fourth-order valence-electron chi connectivity index (χ4n) is 3.70. The predicted octanol–water partition coefficient (Wildman–Crippen LogP) is 7.27. The summed E-state index contributed by atoms with van der Waals surface area (Å²) in [6, 6.07) is 19.9. The van der Waals surface area contributed by atoms with Gasteiger partial charge < -0.3 is 4.74 Å². The fourth-order valence-corrected chi connectivity index (χ4v) is 3.70. The standard InChI is InChI=1S/C30H27F2NO/c1-2-3-4-19-34-27-16-15-26(33-21-27)14-11-23-7-5-22(6-8-23)9-10-24-12-17-28-25(20-24)13-18-29(31)30(28)32/h5-8,12-13,15-18,20-21H,2-4,11,14,19H2,1H3. The van der Waals surface area contributed by atoms with Gasteiger partial charge >= 0.3 is 0 Å². The van der Waals surface area contributed by atoms with Gasteiger partial charge in [0.1, 0.15) is 5.75 Å². The molecule has 0 aliphatic heterocycles. The van der Waals surface area contributed by atoms with Crippen molar-refractivity contribution in [1.29, 1.82) is 0 Å². The molecule has 0 bridgehead atoms. The van der Waals surface area contributed by atoms with Crippen LogP contribution in [-0.4, -0.2) is 11.6 Å². The maximum atomic E-state index is 13.9. The number of aryl methyl sites for hydroxylation is 2. The summed E-state index contributed by atoms with van der Waals surface area (Å²) >= 11 is 0. The Bertz CT molecular complexity index is 1300. The van der Waals surface area contributed by atoms with Crippen molar-refractivity contribution in [3.05, 3.63) is 107 Å². The van der Waals surface area contributed by atoms with Crippen molar-refractivity contribution in [1.82, 2.24) is 4.98 Å². The van der Waals surface area contributed by atoms with Crippen molar-refractivity contribution in [2.45, 2.75) is 39.0 Å². The molecule has 4 aromatic rings. The number of hydrogen-bond donors (Lipinski definition) is 0. The second kappa shape index (κ2) is 11.4. The van der Waals surface area contributed by atoms with Crippen LogP contribution in [0, 0.1) is 23.5 Å². The SMILES string of the molecule is CCCCCOc1ccc(CCc2ccc(C#Cc3ccc4c(F)c(F)ccc4c3)cc2)nc1. The first-order valence-electron chi connectivity index (χ1n) is 11.7. The number of aromatic nitrogens is 1. The number of halogens is 2. The topological polar surface area (TPSA) is 22.1 Å². The van der Waals surface area contributed by atoms with E-state index < -0.39 is 11.6 Å². The number of ether oxygens (including phenoxy) is 1. The minimum Gasteiger partial charge on any atom is -0.492 e. The van der Waals surface area contributed by atoms with Crippen LogP contribution in [0.1, 0.15) is 48.6 Å². The van der Waals surface area contributed by atoms with Gasteiger partial charge in [0.25, 0.3) is 0 Å². The smallest absolute Gasteiger partial charge is 0.166 e. The molecule has 0 N–H and O–H groups in total. The lowest BCUT2D eigenvalue weighted by atomic mass is 10.0. The number of benzene rings is 3. The van der Waals surface area contributed by atoms with Crippen molar-refractivity contribution < 1.29 is 13.5 Å². The molecule has 3 aromatic carbocycles. The molecule has 0 atom stereocenters. The summed E-state index contributed by atoms with van der Waals surface area (Å²) in [5.74, 6) is 5.40. The minimum absolute atomic E-state index is 0.263. The van der Waals surface area contributed by atoms with E-state index >= 15 is 0 Å². The largest absolute Gasteiger partial charge is 0.492 e. The third-order valence-electron chi connectivity index (χ3n) is 5.70. The lowest BCUT2D eigenvalue weighted by Gasteiger charge is -2.06. The van der Waals surface area contributed by atoms with Crippen molar-refractivity contribution in [3.63, 3.8) is 0 Å². The summed E-state index contributed by atoms with van der Waals surface area (Å²) in [7, 11) is 0. The van der Waals surface area contributed by atoms with Gasteiger partial charge in [0.15, 0.2) is 11.6 Å². The zero-order valence-electron chi connectivity index (χ0n) is 19.3. The average Bonchev–Trinajstić information content (AvgIpc) is 2.87. The monoisotopic (exact) mass is 455 g/mol. The molecule has 0 saturated heterocycles. The summed E-state index contributed by atoms with van der Waals surface area (Å²) < 4.78 is 32.9. The lowest BCUT2D eigenvalue weighted by molar-refractivity contribution is 0.305. The number of nitrogens with zero attached hydrogens (tertiary/aromatic N) is 1. The van der Waals surface area contributed by atoms with Crippen LogP contribution in [0.4, 0.5) is 8.78 Å². The first-order valence-corrected chi connectivity index (χ1v) is 11.7. The van der Waals surface area contributed by atoms with Crippen LogP contribution >= 0.6 is 0 Å². The summed E-state index contributed by atoms with van der Waals surface area (Å²) in [6.07, 6.45) is 6.99. The number of pyridine rings is 1. The molecule has 2 nitrogen and oxygen atoms in total. The molecular formula is C30H27F2NO. The number of unbranched alkanes of at least 4 members (excludes halogenated alkanes) is 2. The quantitative estimate of drug-likeness (QED) is 0.206. The second-order valence-electron chi connectivity index (χ2n) is 8.29. The normalized spacial score (nSPS) is 10.7. The Balaban J connectivity index is 1.32. The maximum absolute atomic E-state index is 13.9. The van der Waals surface area contributed by atoms with Crippen molar-refractivity contribution in [2.75, 3.05) is 6.61 Å². The molecule has 0 saturated carbocycles. The first kappa shape index (κ1) is 23.4. The van der Waals surface area contributed by atoms with Crippen molar-refractivity contribution in [3.8, 4) is 17.6 Å². The molecule has 34 heavy (non-hydrogen) atoms. The van der Waals surface area contributed by atoms with Gasteiger partial charge in [0.05, 0.1) is 12.8 Å². The molecule has 0 radical (unpaired) electrons. The highest BCUT2D eigenvalue weighted by Crippen LogP contribution is 2.21. The van der Waals surface area contributed by atoms with E-state index in [1.807, 2.05) is 24.3 Å². The summed E-state index contributed by atoms with van der Waals surface area (Å²) in [5, 5.41) is 0.893. The molecule has 4 rings (SSSR count). The zero-order valence-corrected chi connectivity index (χ0v) is 19.3. The van der Waals surface area contributed by atoms with E-state index in [0.29, 0.717) is 5.39 Å². The third-order valence-corrected chi connectivity index (χ3v) is 5.70. The van der Waals surface area contributed by atoms with Crippen LogP contribution in [0.25, 0.3) is 10.8 Å². The molecule has 0 fully saturated rings. The average molecular weight is 456 g/mol. The van der Waals surface area contributed by atoms with E-state index in [1.165, 1.54) is 18.4 Å². The van der Waals surface area contributed by atoms with Crippen LogP contribution in [0.3, 0.4) is 0 Å². The van der Waals surface area contributed by atoms with E-state index in [9.17, 15) is 8.78 Å². The first-order chi connectivity index (χ1) is 16.6. The van der Waals surface area contributed by atoms with Crippen LogP contribution in [0.5, 0.6) is 5.75 Å². The molecule has 0 amide bonds. The Hall–Kier alpha value is -3.71. The molecule has 0 unspecified atom stereocenters. The number of hydrogen-bond acceptors (Lipinski definition) is 2. The molecular weight excluding hydrogens is 428 g/mol. The summed E-state index contributed by atoms with van der Waals surface area (Å²) in [5.41, 5.74) is 3.91. The van der Waals surface area contributed by atoms with Crippen LogP contribution < -0.4 is 4.74 Å². The van der Waals surface area contributed by atoms with E-state index in [0.717, 1.165) is 54.5 Å². The third kappa shape index (κ3) is 6.20. The Morgan fingerprint density at radius 2 is 1.62 bits per heavy atom. The predicted molar refractivity (Wildman–Crippen MR) is 133 cm³/mol. The molecule has 4 heteroatoms. The highest BCUT2D eigenvalue weighted by Gasteiger charge is 2.06. The summed E-state index contributed by atoms with van der Waals surface area (Å²) in [6.45, 7) is 2.92. The molecule has 0 spiro atoms. The zero-order chi connectivity index (χ0) is 23.8. The van der Waals surface area contributed by atoms with Gasteiger partial charge in [-0.15, -0.1) is 0 Å². The van der Waals surface area contributed by atoms with Gasteiger partial charge in [-0.05, 0) is 72.7 Å². The van der Waals surface area contributed by atoms with Crippen molar-refractivity contribution in [2.24, 2.45) is 0 Å². The van der Waals surface area contributed by atoms with Crippen LogP contribution in [0.2, 0.25) is 0 Å². The Labute approximate surface area is 199 Å². The Morgan fingerprint density at radius 1 is 0.824 bits per heavy atom. The minimum atomic E-state index is -0.842. The lowest BCUT2D eigenvalue weighted by Crippen LogP contribution is -1.99. The van der Waals surface area contributed by atoms with Gasteiger partial charge in [-0.3, -0.25) is 4.98 Å². The second-order valence-corrected chi connectivity index (χ2v) is 8.29. The van der Waals surface area contributed by atoms with Crippen molar-refractivity contribution >= 4 is 10.8 Å². The Morgan fingerprint density at radius 3 is 2.38 bits per heavy atom.